The van der Waals surface area contributed by atoms with Gasteiger partial charge in [-0.25, -0.2) is 4.79 Å². The number of hydrogen-bond donors (Lipinski definition) is 2. The van der Waals surface area contributed by atoms with Gasteiger partial charge in [0.1, 0.15) is 0 Å². The normalized spacial score (nSPS) is 18.3. The molecule has 0 radical (unpaired) electrons. The molecule has 4 nitrogen and oxygen atoms in total. The number of amides is 2. The van der Waals surface area contributed by atoms with Gasteiger partial charge in [-0.3, -0.25) is 0 Å². The van der Waals surface area contributed by atoms with E-state index in [2.05, 4.69) is 5.32 Å². The second kappa shape index (κ2) is 5.86. The summed E-state index contributed by atoms with van der Waals surface area (Å²) in [4.78, 5) is 13.5. The zero-order valence-electron chi connectivity index (χ0n) is 8.96. The van der Waals surface area contributed by atoms with Gasteiger partial charge in [-0.05, 0) is 39.2 Å². The molecule has 1 rings (SSSR count). The molecule has 0 bridgehead atoms. The summed E-state index contributed by atoms with van der Waals surface area (Å²) in [5, 5.41) is 2.99. The molecule has 1 atom stereocenters. The average Bonchev–Trinajstić information content (AvgIpc) is 2.67. The maximum Gasteiger partial charge on any atom is 0.317 e. The van der Waals surface area contributed by atoms with Crippen LogP contribution >= 0.6 is 0 Å². The van der Waals surface area contributed by atoms with Gasteiger partial charge in [-0.1, -0.05) is 0 Å². The molecule has 82 valence electrons. The minimum atomic E-state index is 0.0898. The molecule has 3 N–H and O–H groups in total. The molecule has 1 aliphatic rings. The molecule has 0 saturated carbocycles. The van der Waals surface area contributed by atoms with Gasteiger partial charge < -0.3 is 16.0 Å². The molecule has 14 heavy (non-hydrogen) atoms. The molecular formula is C10H21N3O. The fraction of sp³-hybridized carbons (Fsp3) is 0.900. The molecule has 0 aromatic rings. The van der Waals surface area contributed by atoms with Gasteiger partial charge in [0.25, 0.3) is 0 Å². The van der Waals surface area contributed by atoms with Crippen LogP contribution in [0.3, 0.4) is 0 Å². The van der Waals surface area contributed by atoms with Gasteiger partial charge in [0.2, 0.25) is 0 Å². The van der Waals surface area contributed by atoms with Crippen LogP contribution in [0, 0.1) is 0 Å². The minimum absolute atomic E-state index is 0.0898. The lowest BCUT2D eigenvalue weighted by atomic mass is 10.2. The highest BCUT2D eigenvalue weighted by atomic mass is 16.2. The van der Waals surface area contributed by atoms with Crippen molar-refractivity contribution in [3.8, 4) is 0 Å². The van der Waals surface area contributed by atoms with Crippen molar-refractivity contribution in [3.63, 3.8) is 0 Å². The average molecular weight is 199 g/mol. The number of carbonyl (C=O) groups excluding carboxylic acids is 1. The Kier molecular flexibility index (Phi) is 4.73. The van der Waals surface area contributed by atoms with Crippen LogP contribution in [0.2, 0.25) is 0 Å². The minimum Gasteiger partial charge on any atom is -0.336 e. The fourth-order valence-electron chi connectivity index (χ4n) is 1.72. The lowest BCUT2D eigenvalue weighted by Gasteiger charge is -2.20. The Bertz CT molecular complexity index is 178. The summed E-state index contributed by atoms with van der Waals surface area (Å²) < 4.78 is 0. The van der Waals surface area contributed by atoms with E-state index < -0.39 is 0 Å². The number of carbonyl (C=O) groups is 1. The molecule has 0 spiro atoms. The number of nitrogens with zero attached hydrogens (tertiary/aromatic N) is 1. The number of likely N-dealkylation sites (tertiary alicyclic amines) is 1. The highest BCUT2D eigenvalue weighted by molar-refractivity contribution is 5.74. The Morgan fingerprint density at radius 3 is 2.71 bits per heavy atom. The SMILES string of the molecule is CC(CCCN)NC(=O)N1CCCC1. The van der Waals surface area contributed by atoms with Crippen molar-refractivity contribution in [1.29, 1.82) is 0 Å². The largest absolute Gasteiger partial charge is 0.336 e. The maximum atomic E-state index is 11.6. The summed E-state index contributed by atoms with van der Waals surface area (Å²) >= 11 is 0. The van der Waals surface area contributed by atoms with E-state index in [4.69, 9.17) is 5.73 Å². The Morgan fingerprint density at radius 2 is 2.14 bits per heavy atom. The molecule has 1 aliphatic heterocycles. The molecule has 0 aromatic carbocycles. The van der Waals surface area contributed by atoms with E-state index in [1.807, 2.05) is 11.8 Å². The van der Waals surface area contributed by atoms with Crippen molar-refractivity contribution in [3.05, 3.63) is 0 Å². The van der Waals surface area contributed by atoms with E-state index in [9.17, 15) is 4.79 Å². The predicted octanol–water partition coefficient (Wildman–Crippen LogP) is 0.919. The molecule has 4 heteroatoms. The Labute approximate surface area is 85.8 Å². The van der Waals surface area contributed by atoms with Crippen LogP contribution in [-0.4, -0.2) is 36.6 Å². The third-order valence-corrected chi connectivity index (χ3v) is 2.60. The summed E-state index contributed by atoms with van der Waals surface area (Å²) in [6, 6.07) is 0.332. The molecule has 0 aromatic heterocycles. The predicted molar refractivity (Wildman–Crippen MR) is 57.1 cm³/mol. The Morgan fingerprint density at radius 1 is 1.50 bits per heavy atom. The number of nitrogens with two attached hydrogens (primary N) is 1. The van der Waals surface area contributed by atoms with Gasteiger partial charge in [0.05, 0.1) is 0 Å². The molecule has 1 fully saturated rings. The molecular weight excluding hydrogens is 178 g/mol. The number of rotatable bonds is 4. The Balaban J connectivity index is 2.18. The van der Waals surface area contributed by atoms with E-state index in [0.717, 1.165) is 38.8 Å². The fourth-order valence-corrected chi connectivity index (χ4v) is 1.72. The molecule has 2 amide bonds. The summed E-state index contributed by atoms with van der Waals surface area (Å²) in [5.41, 5.74) is 5.41. The van der Waals surface area contributed by atoms with Crippen molar-refractivity contribution in [1.82, 2.24) is 10.2 Å². The third kappa shape index (κ3) is 3.54. The van der Waals surface area contributed by atoms with Crippen LogP contribution in [0.1, 0.15) is 32.6 Å². The quantitative estimate of drug-likeness (QED) is 0.707. The van der Waals surface area contributed by atoms with Crippen LogP contribution in [0.4, 0.5) is 4.79 Å². The van der Waals surface area contributed by atoms with Crippen molar-refractivity contribution >= 4 is 6.03 Å². The van der Waals surface area contributed by atoms with Crippen LogP contribution in [0.5, 0.6) is 0 Å². The van der Waals surface area contributed by atoms with Crippen LogP contribution in [0.15, 0.2) is 0 Å². The molecule has 1 saturated heterocycles. The van der Waals surface area contributed by atoms with Crippen LogP contribution in [-0.2, 0) is 0 Å². The Hall–Kier alpha value is -0.770. The molecule has 0 aliphatic carbocycles. The smallest absolute Gasteiger partial charge is 0.317 e. The lowest BCUT2D eigenvalue weighted by Crippen LogP contribution is -2.42. The van der Waals surface area contributed by atoms with Gasteiger partial charge in [0.15, 0.2) is 0 Å². The topological polar surface area (TPSA) is 58.4 Å². The van der Waals surface area contributed by atoms with Gasteiger partial charge in [-0.15, -0.1) is 0 Å². The van der Waals surface area contributed by atoms with E-state index >= 15 is 0 Å². The maximum absolute atomic E-state index is 11.6. The van der Waals surface area contributed by atoms with E-state index in [0.29, 0.717) is 6.54 Å². The van der Waals surface area contributed by atoms with E-state index in [-0.39, 0.29) is 12.1 Å². The monoisotopic (exact) mass is 199 g/mol. The summed E-state index contributed by atoms with van der Waals surface area (Å²) in [7, 11) is 0. The van der Waals surface area contributed by atoms with Crippen molar-refractivity contribution in [2.24, 2.45) is 5.73 Å². The summed E-state index contributed by atoms with van der Waals surface area (Å²) in [6.45, 7) is 4.55. The molecule has 1 heterocycles. The van der Waals surface area contributed by atoms with Crippen molar-refractivity contribution < 1.29 is 4.79 Å². The van der Waals surface area contributed by atoms with Gasteiger partial charge in [0, 0.05) is 19.1 Å². The zero-order chi connectivity index (χ0) is 10.4. The standard InChI is InChI=1S/C10H21N3O/c1-9(5-4-6-11)12-10(14)13-7-2-3-8-13/h9H,2-8,11H2,1H3,(H,12,14). The summed E-state index contributed by atoms with van der Waals surface area (Å²) in [5.74, 6) is 0. The highest BCUT2D eigenvalue weighted by Gasteiger charge is 2.18. The van der Waals surface area contributed by atoms with Crippen LogP contribution < -0.4 is 11.1 Å². The second-order valence-corrected chi connectivity index (χ2v) is 3.98. The first-order valence-electron chi connectivity index (χ1n) is 5.49. The van der Waals surface area contributed by atoms with E-state index in [1.54, 1.807) is 0 Å². The number of urea groups is 1. The van der Waals surface area contributed by atoms with Crippen molar-refractivity contribution in [2.75, 3.05) is 19.6 Å². The highest BCUT2D eigenvalue weighted by Crippen LogP contribution is 2.07. The first-order valence-corrected chi connectivity index (χ1v) is 5.49. The second-order valence-electron chi connectivity index (χ2n) is 3.98. The van der Waals surface area contributed by atoms with Crippen LogP contribution in [0.25, 0.3) is 0 Å². The van der Waals surface area contributed by atoms with E-state index in [1.165, 1.54) is 0 Å². The lowest BCUT2D eigenvalue weighted by molar-refractivity contribution is 0.204. The first kappa shape index (κ1) is 11.3. The van der Waals surface area contributed by atoms with Crippen molar-refractivity contribution in [2.45, 2.75) is 38.6 Å². The number of hydrogen-bond acceptors (Lipinski definition) is 2. The molecule has 1 unspecified atom stereocenters. The summed E-state index contributed by atoms with van der Waals surface area (Å²) in [6.07, 6.45) is 4.23. The zero-order valence-corrected chi connectivity index (χ0v) is 8.96. The van der Waals surface area contributed by atoms with Gasteiger partial charge in [-0.2, -0.15) is 0 Å². The first-order chi connectivity index (χ1) is 6.74. The van der Waals surface area contributed by atoms with Gasteiger partial charge >= 0.3 is 6.03 Å². The number of nitrogens with one attached hydrogen (secondary N) is 1. The third-order valence-electron chi connectivity index (χ3n) is 2.60.